The number of nitrogen functional groups attached to an aromatic ring is 1. The van der Waals surface area contributed by atoms with Crippen LogP contribution in [-0.4, -0.2) is 9.97 Å². The van der Waals surface area contributed by atoms with Crippen molar-refractivity contribution in [2.24, 2.45) is 0 Å². The molecule has 0 unspecified atom stereocenters. The van der Waals surface area contributed by atoms with Crippen LogP contribution in [0.15, 0.2) is 24.3 Å². The van der Waals surface area contributed by atoms with Gasteiger partial charge in [-0.3, -0.25) is 0 Å². The molecule has 0 radical (unpaired) electrons. The second-order valence-corrected chi connectivity index (χ2v) is 6.13. The van der Waals surface area contributed by atoms with Gasteiger partial charge in [0.1, 0.15) is 5.82 Å². The van der Waals surface area contributed by atoms with Crippen LogP contribution in [0.5, 0.6) is 0 Å². The van der Waals surface area contributed by atoms with Gasteiger partial charge in [0.05, 0.1) is 5.69 Å². The highest BCUT2D eigenvalue weighted by Gasteiger charge is 2.18. The van der Waals surface area contributed by atoms with Gasteiger partial charge in [-0.15, -0.1) is 0 Å². The molecule has 3 nitrogen and oxygen atoms in total. The van der Waals surface area contributed by atoms with Gasteiger partial charge in [0.25, 0.3) is 0 Å². The van der Waals surface area contributed by atoms with E-state index in [1.807, 2.05) is 6.07 Å². The van der Waals surface area contributed by atoms with Gasteiger partial charge in [-0.2, -0.15) is 0 Å². The molecule has 0 saturated carbocycles. The maximum Gasteiger partial charge on any atom is 0.161 e. The molecule has 0 saturated heterocycles. The number of anilines is 1. The Kier molecular flexibility index (Phi) is 3.31. The first-order valence-electron chi connectivity index (χ1n) is 6.49. The Balaban J connectivity index is 2.59. The summed E-state index contributed by atoms with van der Waals surface area (Å²) >= 11 is 0. The minimum absolute atomic E-state index is 0.0370. The van der Waals surface area contributed by atoms with Crippen LogP contribution in [0.2, 0.25) is 0 Å². The van der Waals surface area contributed by atoms with Crippen LogP contribution < -0.4 is 5.73 Å². The number of rotatable bonds is 1. The van der Waals surface area contributed by atoms with E-state index in [9.17, 15) is 0 Å². The van der Waals surface area contributed by atoms with Gasteiger partial charge >= 0.3 is 0 Å². The molecule has 19 heavy (non-hydrogen) atoms. The van der Waals surface area contributed by atoms with Gasteiger partial charge in [0.15, 0.2) is 5.82 Å². The molecule has 2 N–H and O–H groups in total. The summed E-state index contributed by atoms with van der Waals surface area (Å²) in [6, 6.07) is 8.18. The summed E-state index contributed by atoms with van der Waals surface area (Å²) in [5.74, 6) is 1.23. The summed E-state index contributed by atoms with van der Waals surface area (Å²) in [4.78, 5) is 9.03. The molecule has 0 amide bonds. The van der Waals surface area contributed by atoms with Gasteiger partial charge in [-0.25, -0.2) is 9.97 Å². The fourth-order valence-electron chi connectivity index (χ4n) is 2.08. The number of nitrogens with two attached hydrogens (primary N) is 1. The molecule has 1 aromatic carbocycles. The molecule has 0 spiro atoms. The van der Waals surface area contributed by atoms with Gasteiger partial charge in [0, 0.05) is 17.0 Å². The molecule has 1 aromatic heterocycles. The molecule has 3 heteroatoms. The highest BCUT2D eigenvalue weighted by atomic mass is 15.0. The third-order valence-electron chi connectivity index (χ3n) is 2.99. The number of aromatic nitrogens is 2. The normalized spacial score (nSPS) is 11.6. The number of hydrogen-bond donors (Lipinski definition) is 1. The predicted molar refractivity (Wildman–Crippen MR) is 80.1 cm³/mol. The first-order chi connectivity index (χ1) is 8.75. The molecule has 2 rings (SSSR count). The van der Waals surface area contributed by atoms with E-state index in [4.69, 9.17) is 5.73 Å². The SMILES string of the molecule is Cc1cc(C)cc(-c2nc(N)cc(C(C)(C)C)n2)c1. The number of aryl methyl sites for hydroxylation is 2. The van der Waals surface area contributed by atoms with Crippen LogP contribution in [0, 0.1) is 13.8 Å². The average Bonchev–Trinajstić information content (AvgIpc) is 2.25. The Labute approximate surface area is 114 Å². The zero-order chi connectivity index (χ0) is 14.2. The Morgan fingerprint density at radius 2 is 1.47 bits per heavy atom. The number of nitrogens with zero attached hydrogens (tertiary/aromatic N) is 2. The minimum atomic E-state index is -0.0370. The van der Waals surface area contributed by atoms with Crippen LogP contribution in [-0.2, 0) is 5.41 Å². The Hall–Kier alpha value is -1.90. The number of benzene rings is 1. The summed E-state index contributed by atoms with van der Waals surface area (Å²) in [6.07, 6.45) is 0. The Morgan fingerprint density at radius 1 is 0.895 bits per heavy atom. The second-order valence-electron chi connectivity index (χ2n) is 6.13. The third-order valence-corrected chi connectivity index (χ3v) is 2.99. The summed E-state index contributed by atoms with van der Waals surface area (Å²) in [5.41, 5.74) is 10.3. The summed E-state index contributed by atoms with van der Waals surface area (Å²) in [5, 5.41) is 0. The van der Waals surface area contributed by atoms with Gasteiger partial charge in [-0.05, 0) is 26.0 Å². The molecule has 0 atom stereocenters. The molecule has 0 fully saturated rings. The van der Waals surface area contributed by atoms with Crippen molar-refractivity contribution in [3.8, 4) is 11.4 Å². The summed E-state index contributed by atoms with van der Waals surface area (Å²) in [6.45, 7) is 10.5. The fraction of sp³-hybridized carbons (Fsp3) is 0.375. The van der Waals surface area contributed by atoms with E-state index in [0.717, 1.165) is 11.3 Å². The quantitative estimate of drug-likeness (QED) is 0.846. The summed E-state index contributed by atoms with van der Waals surface area (Å²) < 4.78 is 0. The second kappa shape index (κ2) is 4.65. The summed E-state index contributed by atoms with van der Waals surface area (Å²) in [7, 11) is 0. The lowest BCUT2D eigenvalue weighted by molar-refractivity contribution is 0.568. The van der Waals surface area contributed by atoms with Crippen molar-refractivity contribution in [3.05, 3.63) is 41.1 Å². The third kappa shape index (κ3) is 3.11. The standard InChI is InChI=1S/C16H21N3/c1-10-6-11(2)8-12(7-10)15-18-13(16(3,4)5)9-14(17)19-15/h6-9H,1-5H3,(H2,17,18,19). The Bertz CT molecular complexity index is 590. The van der Waals surface area contributed by atoms with Crippen molar-refractivity contribution < 1.29 is 0 Å². The van der Waals surface area contributed by atoms with Crippen molar-refractivity contribution in [1.82, 2.24) is 9.97 Å². The van der Waals surface area contributed by atoms with Crippen molar-refractivity contribution in [3.63, 3.8) is 0 Å². The van der Waals surface area contributed by atoms with Crippen molar-refractivity contribution in [1.29, 1.82) is 0 Å². The first kappa shape index (κ1) is 13.5. The molecule has 100 valence electrons. The molecular weight excluding hydrogens is 234 g/mol. The van der Waals surface area contributed by atoms with Gasteiger partial charge in [-0.1, -0.05) is 38.0 Å². The monoisotopic (exact) mass is 255 g/mol. The lowest BCUT2D eigenvalue weighted by Crippen LogP contribution is -2.15. The van der Waals surface area contributed by atoms with Gasteiger partial charge in [0.2, 0.25) is 0 Å². The maximum absolute atomic E-state index is 5.92. The van der Waals surface area contributed by atoms with Crippen LogP contribution in [0.4, 0.5) is 5.82 Å². The van der Waals surface area contributed by atoms with Crippen molar-refractivity contribution >= 4 is 5.82 Å². The van der Waals surface area contributed by atoms with Crippen LogP contribution in [0.1, 0.15) is 37.6 Å². The van der Waals surface area contributed by atoms with Crippen molar-refractivity contribution in [2.75, 3.05) is 5.73 Å². The molecule has 0 aliphatic carbocycles. The van der Waals surface area contributed by atoms with E-state index >= 15 is 0 Å². The van der Waals surface area contributed by atoms with E-state index in [2.05, 4.69) is 62.8 Å². The van der Waals surface area contributed by atoms with E-state index in [-0.39, 0.29) is 5.41 Å². The molecule has 2 aromatic rings. The largest absolute Gasteiger partial charge is 0.384 e. The van der Waals surface area contributed by atoms with E-state index in [1.165, 1.54) is 11.1 Å². The first-order valence-corrected chi connectivity index (χ1v) is 6.49. The highest BCUT2D eigenvalue weighted by Crippen LogP contribution is 2.25. The predicted octanol–water partition coefficient (Wildman–Crippen LogP) is 3.64. The van der Waals surface area contributed by atoms with Crippen LogP contribution in [0.25, 0.3) is 11.4 Å². The van der Waals surface area contributed by atoms with Crippen LogP contribution in [0.3, 0.4) is 0 Å². The van der Waals surface area contributed by atoms with Crippen LogP contribution >= 0.6 is 0 Å². The highest BCUT2D eigenvalue weighted by molar-refractivity contribution is 5.59. The Morgan fingerprint density at radius 3 is 2.00 bits per heavy atom. The molecular formula is C16H21N3. The maximum atomic E-state index is 5.92. The zero-order valence-electron chi connectivity index (χ0n) is 12.3. The molecule has 0 bridgehead atoms. The average molecular weight is 255 g/mol. The zero-order valence-corrected chi connectivity index (χ0v) is 12.3. The molecule has 1 heterocycles. The van der Waals surface area contributed by atoms with E-state index in [0.29, 0.717) is 11.6 Å². The van der Waals surface area contributed by atoms with E-state index in [1.54, 1.807) is 0 Å². The smallest absolute Gasteiger partial charge is 0.161 e. The topological polar surface area (TPSA) is 51.8 Å². The lowest BCUT2D eigenvalue weighted by atomic mass is 9.91. The molecule has 0 aliphatic heterocycles. The minimum Gasteiger partial charge on any atom is -0.384 e. The lowest BCUT2D eigenvalue weighted by Gasteiger charge is -2.18. The van der Waals surface area contributed by atoms with E-state index < -0.39 is 0 Å². The molecule has 0 aliphatic rings. The fourth-order valence-corrected chi connectivity index (χ4v) is 2.08. The number of hydrogen-bond acceptors (Lipinski definition) is 3. The van der Waals surface area contributed by atoms with Crippen molar-refractivity contribution in [2.45, 2.75) is 40.0 Å². The van der Waals surface area contributed by atoms with Gasteiger partial charge < -0.3 is 5.73 Å².